The van der Waals surface area contributed by atoms with Crippen molar-refractivity contribution in [1.29, 1.82) is 0 Å². The molecule has 1 aromatic heterocycles. The Labute approximate surface area is 84.5 Å². The first kappa shape index (κ1) is 10.6. The van der Waals surface area contributed by atoms with Crippen molar-refractivity contribution in [1.82, 2.24) is 9.97 Å². The van der Waals surface area contributed by atoms with E-state index in [1.807, 2.05) is 7.05 Å². The number of hydrogen-bond donors (Lipinski definition) is 1. The van der Waals surface area contributed by atoms with E-state index in [1.54, 1.807) is 6.20 Å². The largest absolute Gasteiger partial charge is 0.384 e. The Hall–Kier alpha value is -1.45. The second-order valence-electron chi connectivity index (χ2n) is 4.09. The fourth-order valence-electron chi connectivity index (χ4n) is 1.03. The van der Waals surface area contributed by atoms with E-state index in [-0.39, 0.29) is 5.41 Å². The minimum absolute atomic E-state index is 0.0638. The monoisotopic (exact) mass is 192 g/mol. The average molecular weight is 192 g/mol. The predicted octanol–water partition coefficient (Wildman–Crippen LogP) is 2.15. The highest BCUT2D eigenvalue weighted by molar-refractivity contribution is 5.61. The molecule has 4 heteroatoms. The second-order valence-corrected chi connectivity index (χ2v) is 4.09. The molecular weight excluding hydrogens is 176 g/mol. The number of nitrogens with zero attached hydrogens (tertiary/aromatic N) is 3. The van der Waals surface area contributed by atoms with Crippen molar-refractivity contribution in [3.05, 3.63) is 12.0 Å². The summed E-state index contributed by atoms with van der Waals surface area (Å²) in [6.07, 6.45) is 1.73. The first-order chi connectivity index (χ1) is 6.49. The first-order valence-electron chi connectivity index (χ1n) is 4.51. The summed E-state index contributed by atoms with van der Waals surface area (Å²) < 4.78 is 0. The summed E-state index contributed by atoms with van der Waals surface area (Å²) in [7, 11) is 1.81. The molecule has 0 aliphatic heterocycles. The third-order valence-electron chi connectivity index (χ3n) is 1.86. The predicted molar refractivity (Wildman–Crippen MR) is 59.5 cm³/mol. The van der Waals surface area contributed by atoms with Gasteiger partial charge in [0.1, 0.15) is 5.82 Å². The fraction of sp³-hybridized carbons (Fsp3) is 0.500. The van der Waals surface area contributed by atoms with E-state index in [0.717, 1.165) is 11.5 Å². The standard InChI is InChI=1S/C10H16N4/c1-10(2,3)9-13-6-7(11-4)8(12-5)14-9/h6,11H,5H2,1-4H3. The van der Waals surface area contributed by atoms with Crippen molar-refractivity contribution in [2.75, 3.05) is 12.4 Å². The van der Waals surface area contributed by atoms with Crippen molar-refractivity contribution >= 4 is 18.2 Å². The zero-order valence-electron chi connectivity index (χ0n) is 9.13. The Morgan fingerprint density at radius 2 is 2.07 bits per heavy atom. The summed E-state index contributed by atoms with van der Waals surface area (Å²) in [6, 6.07) is 0. The molecule has 76 valence electrons. The van der Waals surface area contributed by atoms with Crippen LogP contribution in [0.1, 0.15) is 26.6 Å². The number of aromatic nitrogens is 2. The summed E-state index contributed by atoms with van der Waals surface area (Å²) >= 11 is 0. The molecule has 0 spiro atoms. The maximum atomic E-state index is 4.33. The zero-order valence-corrected chi connectivity index (χ0v) is 9.13. The van der Waals surface area contributed by atoms with E-state index in [2.05, 4.69) is 47.8 Å². The molecule has 1 aromatic rings. The summed E-state index contributed by atoms with van der Waals surface area (Å²) in [6.45, 7) is 9.67. The first-order valence-corrected chi connectivity index (χ1v) is 4.51. The highest BCUT2D eigenvalue weighted by atomic mass is 15.0. The smallest absolute Gasteiger partial charge is 0.178 e. The molecule has 1 rings (SSSR count). The van der Waals surface area contributed by atoms with Crippen molar-refractivity contribution in [2.24, 2.45) is 4.99 Å². The normalized spacial score (nSPS) is 11.1. The third kappa shape index (κ3) is 2.07. The fourth-order valence-corrected chi connectivity index (χ4v) is 1.03. The molecule has 0 bridgehead atoms. The van der Waals surface area contributed by atoms with Crippen LogP contribution in [-0.2, 0) is 5.41 Å². The zero-order chi connectivity index (χ0) is 10.8. The second kappa shape index (κ2) is 3.74. The van der Waals surface area contributed by atoms with Crippen LogP contribution in [0, 0.1) is 0 Å². The SMILES string of the molecule is C=Nc1nc(C(C)(C)C)ncc1NC. The quantitative estimate of drug-likeness (QED) is 0.730. The Morgan fingerprint density at radius 3 is 2.50 bits per heavy atom. The lowest BCUT2D eigenvalue weighted by Gasteiger charge is -2.17. The lowest BCUT2D eigenvalue weighted by molar-refractivity contribution is 0.546. The van der Waals surface area contributed by atoms with Crippen LogP contribution >= 0.6 is 0 Å². The highest BCUT2D eigenvalue weighted by Crippen LogP contribution is 2.25. The minimum atomic E-state index is -0.0638. The van der Waals surface area contributed by atoms with E-state index in [9.17, 15) is 0 Å². The third-order valence-corrected chi connectivity index (χ3v) is 1.86. The van der Waals surface area contributed by atoms with E-state index in [4.69, 9.17) is 0 Å². The molecule has 0 saturated heterocycles. The van der Waals surface area contributed by atoms with Crippen molar-refractivity contribution < 1.29 is 0 Å². The van der Waals surface area contributed by atoms with Gasteiger partial charge in [-0.25, -0.2) is 15.0 Å². The maximum absolute atomic E-state index is 4.33. The van der Waals surface area contributed by atoms with Gasteiger partial charge in [-0.15, -0.1) is 0 Å². The van der Waals surface area contributed by atoms with E-state index in [0.29, 0.717) is 5.82 Å². The molecule has 14 heavy (non-hydrogen) atoms. The number of nitrogens with one attached hydrogen (secondary N) is 1. The molecule has 0 amide bonds. The van der Waals surface area contributed by atoms with Crippen molar-refractivity contribution in [3.8, 4) is 0 Å². The average Bonchev–Trinajstić information content (AvgIpc) is 2.15. The summed E-state index contributed by atoms with van der Waals surface area (Å²) in [5.74, 6) is 1.38. The Bertz CT molecular complexity index is 338. The van der Waals surface area contributed by atoms with Crippen LogP contribution < -0.4 is 5.32 Å². The van der Waals surface area contributed by atoms with Crippen LogP contribution in [0.2, 0.25) is 0 Å². The van der Waals surface area contributed by atoms with Crippen LogP contribution in [0.3, 0.4) is 0 Å². The van der Waals surface area contributed by atoms with Gasteiger partial charge in [0.15, 0.2) is 5.82 Å². The van der Waals surface area contributed by atoms with Crippen LogP contribution in [0.25, 0.3) is 0 Å². The van der Waals surface area contributed by atoms with Crippen LogP contribution in [0.5, 0.6) is 0 Å². The maximum Gasteiger partial charge on any atom is 0.178 e. The molecule has 0 aliphatic rings. The lowest BCUT2D eigenvalue weighted by Crippen LogP contribution is -2.16. The van der Waals surface area contributed by atoms with Crippen molar-refractivity contribution in [3.63, 3.8) is 0 Å². The molecular formula is C10H16N4. The van der Waals surface area contributed by atoms with Gasteiger partial charge in [-0.3, -0.25) is 0 Å². The molecule has 4 nitrogen and oxygen atoms in total. The highest BCUT2D eigenvalue weighted by Gasteiger charge is 2.18. The van der Waals surface area contributed by atoms with Gasteiger partial charge in [0, 0.05) is 12.5 Å². The molecule has 0 radical (unpaired) electrons. The van der Waals surface area contributed by atoms with Crippen LogP contribution in [-0.4, -0.2) is 23.7 Å². The molecule has 0 atom stereocenters. The van der Waals surface area contributed by atoms with Crippen LogP contribution in [0.15, 0.2) is 11.2 Å². The Kier molecular flexibility index (Phi) is 2.84. The molecule has 1 N–H and O–H groups in total. The molecule has 0 aromatic carbocycles. The van der Waals surface area contributed by atoms with E-state index >= 15 is 0 Å². The number of hydrogen-bond acceptors (Lipinski definition) is 4. The van der Waals surface area contributed by atoms with E-state index < -0.39 is 0 Å². The molecule has 0 fully saturated rings. The van der Waals surface area contributed by atoms with Gasteiger partial charge in [-0.2, -0.15) is 0 Å². The summed E-state index contributed by atoms with van der Waals surface area (Å²) in [4.78, 5) is 12.5. The van der Waals surface area contributed by atoms with Gasteiger partial charge in [0.05, 0.1) is 11.9 Å². The summed E-state index contributed by atoms with van der Waals surface area (Å²) in [5, 5.41) is 2.97. The lowest BCUT2D eigenvalue weighted by atomic mass is 9.96. The molecule has 1 heterocycles. The minimum Gasteiger partial charge on any atom is -0.384 e. The van der Waals surface area contributed by atoms with Gasteiger partial charge in [-0.05, 0) is 6.72 Å². The molecule has 0 aliphatic carbocycles. The van der Waals surface area contributed by atoms with Gasteiger partial charge in [0.25, 0.3) is 0 Å². The molecule has 0 unspecified atom stereocenters. The topological polar surface area (TPSA) is 50.2 Å². The number of rotatable bonds is 2. The van der Waals surface area contributed by atoms with E-state index in [1.165, 1.54) is 0 Å². The molecule has 0 saturated carbocycles. The van der Waals surface area contributed by atoms with Gasteiger partial charge in [0.2, 0.25) is 0 Å². The van der Waals surface area contributed by atoms with Crippen molar-refractivity contribution in [2.45, 2.75) is 26.2 Å². The van der Waals surface area contributed by atoms with Gasteiger partial charge in [-0.1, -0.05) is 20.8 Å². The van der Waals surface area contributed by atoms with Crippen LogP contribution in [0.4, 0.5) is 11.5 Å². The Balaban J connectivity index is 3.21. The number of aliphatic imine (C=N–C) groups is 1. The number of anilines is 1. The van der Waals surface area contributed by atoms with Gasteiger partial charge < -0.3 is 5.32 Å². The Morgan fingerprint density at radius 1 is 1.43 bits per heavy atom. The summed E-state index contributed by atoms with van der Waals surface area (Å²) in [5.41, 5.74) is 0.735. The van der Waals surface area contributed by atoms with Gasteiger partial charge >= 0.3 is 0 Å².